The van der Waals surface area contributed by atoms with Gasteiger partial charge >= 0.3 is 0 Å². The van der Waals surface area contributed by atoms with Crippen LogP contribution in [0, 0.1) is 24.5 Å². The molecule has 0 aromatic heterocycles. The first kappa shape index (κ1) is 24.7. The van der Waals surface area contributed by atoms with Crippen molar-refractivity contribution in [1.82, 2.24) is 5.32 Å². The quantitative estimate of drug-likeness (QED) is 0.525. The second-order valence-electron chi connectivity index (χ2n) is 8.74. The fraction of sp³-hybridized carbons (Fsp3) is 0.269. The molecule has 0 spiro atoms. The molecule has 1 aliphatic heterocycles. The van der Waals surface area contributed by atoms with Crippen LogP contribution in [0.4, 0.5) is 20.2 Å². The first-order valence-electron chi connectivity index (χ1n) is 11.3. The first-order valence-corrected chi connectivity index (χ1v) is 12.7. The van der Waals surface area contributed by atoms with Crippen LogP contribution in [0.2, 0.25) is 0 Å². The van der Waals surface area contributed by atoms with E-state index in [9.17, 15) is 22.0 Å². The molecule has 1 saturated heterocycles. The maximum atomic E-state index is 13.5. The van der Waals surface area contributed by atoms with Crippen molar-refractivity contribution in [2.24, 2.45) is 5.92 Å². The summed E-state index contributed by atoms with van der Waals surface area (Å²) in [5.74, 6) is -1.83. The van der Waals surface area contributed by atoms with Crippen LogP contribution < -0.4 is 14.5 Å². The number of carbonyl (C=O) groups excluding carboxylic acids is 1. The number of anilines is 2. The fourth-order valence-electron chi connectivity index (χ4n) is 4.08. The van der Waals surface area contributed by atoms with Gasteiger partial charge in [0.15, 0.2) is 11.6 Å². The molecule has 1 fully saturated rings. The number of hydrogen-bond donors (Lipinski definition) is 1. The molecule has 0 radical (unpaired) electrons. The summed E-state index contributed by atoms with van der Waals surface area (Å²) < 4.78 is 53.6. The molecule has 0 aliphatic carbocycles. The highest BCUT2D eigenvalue weighted by atomic mass is 32.2. The Morgan fingerprint density at radius 2 is 1.71 bits per heavy atom. The molecule has 1 aliphatic rings. The zero-order valence-electron chi connectivity index (χ0n) is 19.5. The topological polar surface area (TPSA) is 69.7 Å². The number of nitrogens with zero attached hydrogens (tertiary/aromatic N) is 2. The molecule has 1 amide bonds. The van der Waals surface area contributed by atoms with E-state index in [4.69, 9.17) is 0 Å². The van der Waals surface area contributed by atoms with E-state index in [-0.39, 0.29) is 16.7 Å². The van der Waals surface area contributed by atoms with Gasteiger partial charge in [-0.15, -0.1) is 0 Å². The summed E-state index contributed by atoms with van der Waals surface area (Å²) in [5, 5.41) is 2.91. The van der Waals surface area contributed by atoms with Gasteiger partial charge in [0.2, 0.25) is 0 Å². The molecular formula is C26H27F2N3O3S. The largest absolute Gasteiger partial charge is 0.371 e. The van der Waals surface area contributed by atoms with Gasteiger partial charge in [-0.2, -0.15) is 0 Å². The van der Waals surface area contributed by atoms with Crippen molar-refractivity contribution in [1.29, 1.82) is 0 Å². The van der Waals surface area contributed by atoms with Crippen LogP contribution in [0.15, 0.2) is 71.6 Å². The lowest BCUT2D eigenvalue weighted by molar-refractivity contribution is 0.0948. The second-order valence-corrected chi connectivity index (χ2v) is 10.7. The molecule has 4 rings (SSSR count). The third-order valence-corrected chi connectivity index (χ3v) is 8.08. The minimum Gasteiger partial charge on any atom is -0.371 e. The van der Waals surface area contributed by atoms with Crippen molar-refractivity contribution in [2.75, 3.05) is 35.9 Å². The van der Waals surface area contributed by atoms with E-state index in [2.05, 4.69) is 5.32 Å². The van der Waals surface area contributed by atoms with E-state index in [1.54, 1.807) is 54.6 Å². The van der Waals surface area contributed by atoms with Gasteiger partial charge in [-0.05, 0) is 67.8 Å². The molecule has 184 valence electrons. The summed E-state index contributed by atoms with van der Waals surface area (Å²) in [6.45, 7) is 3.66. The number of amides is 1. The Hall–Kier alpha value is -3.46. The Balaban J connectivity index is 1.33. The van der Waals surface area contributed by atoms with Crippen molar-refractivity contribution in [3.63, 3.8) is 0 Å². The van der Waals surface area contributed by atoms with Crippen LogP contribution in [-0.2, 0) is 10.0 Å². The summed E-state index contributed by atoms with van der Waals surface area (Å²) in [4.78, 5) is 14.8. The molecule has 6 nitrogen and oxygen atoms in total. The maximum absolute atomic E-state index is 13.5. The standard InChI is InChI=1S/C26H27F2N3O3S/c1-18-3-10-23(11-4-18)35(33,34)30(2)21-7-5-20(6-8-21)26(32)29-16-19-13-14-31(17-19)22-9-12-24(27)25(28)15-22/h3-12,15,19H,13-14,16-17H2,1-2H3,(H,29,32). The second kappa shape index (κ2) is 10.0. The van der Waals surface area contributed by atoms with Crippen molar-refractivity contribution in [3.05, 3.63) is 89.5 Å². The Kier molecular flexibility index (Phi) is 7.07. The molecule has 9 heteroatoms. The number of nitrogens with one attached hydrogen (secondary N) is 1. The lowest BCUT2D eigenvalue weighted by Gasteiger charge is -2.20. The van der Waals surface area contributed by atoms with Crippen molar-refractivity contribution in [3.8, 4) is 0 Å². The van der Waals surface area contributed by atoms with Crippen LogP contribution in [0.5, 0.6) is 0 Å². The monoisotopic (exact) mass is 499 g/mol. The van der Waals surface area contributed by atoms with Gasteiger partial charge in [0.25, 0.3) is 15.9 Å². The van der Waals surface area contributed by atoms with E-state index >= 15 is 0 Å². The molecule has 1 atom stereocenters. The number of sulfonamides is 1. The van der Waals surface area contributed by atoms with E-state index in [1.807, 2.05) is 11.8 Å². The molecular weight excluding hydrogens is 472 g/mol. The number of hydrogen-bond acceptors (Lipinski definition) is 4. The summed E-state index contributed by atoms with van der Waals surface area (Å²) in [7, 11) is -2.24. The van der Waals surface area contributed by atoms with Crippen molar-refractivity contribution in [2.45, 2.75) is 18.2 Å². The lowest BCUT2D eigenvalue weighted by atomic mass is 10.1. The van der Waals surface area contributed by atoms with Crippen LogP contribution in [-0.4, -0.2) is 41.0 Å². The zero-order valence-corrected chi connectivity index (χ0v) is 20.4. The van der Waals surface area contributed by atoms with Gasteiger partial charge in [-0.25, -0.2) is 17.2 Å². The van der Waals surface area contributed by atoms with Crippen molar-refractivity contribution >= 4 is 27.3 Å². The van der Waals surface area contributed by atoms with Crippen LogP contribution in [0.1, 0.15) is 22.3 Å². The van der Waals surface area contributed by atoms with Crippen molar-refractivity contribution < 1.29 is 22.0 Å². The number of aryl methyl sites for hydroxylation is 1. The summed E-state index contributed by atoms with van der Waals surface area (Å²) in [5.41, 5.74) is 2.46. The van der Waals surface area contributed by atoms with E-state index in [0.29, 0.717) is 36.6 Å². The molecule has 1 unspecified atom stereocenters. The van der Waals surface area contributed by atoms with Gasteiger partial charge in [-0.3, -0.25) is 9.10 Å². The highest BCUT2D eigenvalue weighted by Gasteiger charge is 2.24. The predicted molar refractivity (Wildman–Crippen MR) is 132 cm³/mol. The molecule has 3 aromatic rings. The zero-order chi connectivity index (χ0) is 25.2. The molecule has 0 bridgehead atoms. The molecule has 3 aromatic carbocycles. The highest BCUT2D eigenvalue weighted by Crippen LogP contribution is 2.26. The summed E-state index contributed by atoms with van der Waals surface area (Å²) in [6, 6.07) is 16.9. The third-order valence-electron chi connectivity index (χ3n) is 6.28. The van der Waals surface area contributed by atoms with Gasteiger partial charge in [0.1, 0.15) is 0 Å². The first-order chi connectivity index (χ1) is 16.6. The minimum absolute atomic E-state index is 0.178. The Bertz CT molecular complexity index is 1310. The van der Waals surface area contributed by atoms with Gasteiger partial charge < -0.3 is 10.2 Å². The Labute approximate surface area is 204 Å². The predicted octanol–water partition coefficient (Wildman–Crippen LogP) is 4.35. The fourth-order valence-corrected chi connectivity index (χ4v) is 5.28. The lowest BCUT2D eigenvalue weighted by Crippen LogP contribution is -2.31. The Morgan fingerprint density at radius 1 is 1.03 bits per heavy atom. The van der Waals surface area contributed by atoms with E-state index in [1.165, 1.54) is 17.4 Å². The Morgan fingerprint density at radius 3 is 2.37 bits per heavy atom. The third kappa shape index (κ3) is 5.45. The average Bonchev–Trinajstić information content (AvgIpc) is 3.33. The molecule has 1 heterocycles. The van der Waals surface area contributed by atoms with Gasteiger partial charge in [0.05, 0.1) is 10.6 Å². The van der Waals surface area contributed by atoms with Crippen LogP contribution in [0.25, 0.3) is 0 Å². The normalized spacial score (nSPS) is 15.8. The molecule has 0 saturated carbocycles. The summed E-state index contributed by atoms with van der Waals surface area (Å²) >= 11 is 0. The van der Waals surface area contributed by atoms with Gasteiger partial charge in [0, 0.05) is 44.0 Å². The SMILES string of the molecule is Cc1ccc(S(=O)(=O)N(C)c2ccc(C(=O)NCC3CCN(c4ccc(F)c(F)c4)C3)cc2)cc1. The van der Waals surface area contributed by atoms with Crippen LogP contribution in [0.3, 0.4) is 0 Å². The maximum Gasteiger partial charge on any atom is 0.264 e. The van der Waals surface area contributed by atoms with Gasteiger partial charge in [-0.1, -0.05) is 17.7 Å². The number of benzene rings is 3. The smallest absolute Gasteiger partial charge is 0.264 e. The van der Waals surface area contributed by atoms with Crippen LogP contribution >= 0.6 is 0 Å². The average molecular weight is 500 g/mol. The number of rotatable bonds is 7. The minimum atomic E-state index is -3.71. The summed E-state index contributed by atoms with van der Waals surface area (Å²) in [6.07, 6.45) is 0.819. The molecule has 35 heavy (non-hydrogen) atoms. The molecule has 1 N–H and O–H groups in total. The van der Waals surface area contributed by atoms with E-state index < -0.39 is 21.7 Å². The number of carbonyl (C=O) groups is 1. The highest BCUT2D eigenvalue weighted by molar-refractivity contribution is 7.92. The number of halogens is 2. The van der Waals surface area contributed by atoms with E-state index in [0.717, 1.165) is 18.1 Å².